The van der Waals surface area contributed by atoms with Crippen LogP contribution >= 0.6 is 0 Å². The average molecular weight is 251 g/mol. The minimum absolute atomic E-state index is 0.886. The predicted molar refractivity (Wildman–Crippen MR) is 78.0 cm³/mol. The highest BCUT2D eigenvalue weighted by molar-refractivity contribution is 5.81. The standard InChI is InChI=1S/C16H17N3/c1-17-11-14-2-3-16-15(10-14)6-9-19(16)12-13-4-7-18-8-5-13/h2-10,17H,11-12H2,1H3. The highest BCUT2D eigenvalue weighted by atomic mass is 14.9. The van der Waals surface area contributed by atoms with Crippen molar-refractivity contribution in [1.82, 2.24) is 14.9 Å². The first kappa shape index (κ1) is 11.9. The van der Waals surface area contributed by atoms with Gasteiger partial charge in [-0.2, -0.15) is 0 Å². The maximum Gasteiger partial charge on any atom is 0.0483 e. The molecule has 0 radical (unpaired) electrons. The lowest BCUT2D eigenvalue weighted by Crippen LogP contribution is -2.04. The Labute approximate surface area is 112 Å². The van der Waals surface area contributed by atoms with Gasteiger partial charge >= 0.3 is 0 Å². The highest BCUT2D eigenvalue weighted by Crippen LogP contribution is 2.19. The second-order valence-corrected chi connectivity index (χ2v) is 4.72. The summed E-state index contributed by atoms with van der Waals surface area (Å²) in [6.07, 6.45) is 5.83. The Balaban J connectivity index is 1.93. The van der Waals surface area contributed by atoms with Crippen LogP contribution in [0.1, 0.15) is 11.1 Å². The fraction of sp³-hybridized carbons (Fsp3) is 0.188. The molecule has 0 fully saturated rings. The molecule has 1 N–H and O–H groups in total. The summed E-state index contributed by atoms with van der Waals surface area (Å²) >= 11 is 0. The molecule has 1 aromatic carbocycles. The highest BCUT2D eigenvalue weighted by Gasteiger charge is 2.02. The molecule has 0 saturated carbocycles. The second-order valence-electron chi connectivity index (χ2n) is 4.72. The van der Waals surface area contributed by atoms with Gasteiger partial charge in [-0.15, -0.1) is 0 Å². The molecular weight excluding hydrogens is 234 g/mol. The van der Waals surface area contributed by atoms with Gasteiger partial charge < -0.3 is 9.88 Å². The Hall–Kier alpha value is -2.13. The van der Waals surface area contributed by atoms with E-state index in [0.717, 1.165) is 13.1 Å². The summed E-state index contributed by atoms with van der Waals surface area (Å²) < 4.78 is 2.27. The number of fused-ring (bicyclic) bond motifs is 1. The van der Waals surface area contributed by atoms with Crippen molar-refractivity contribution in [2.24, 2.45) is 0 Å². The lowest BCUT2D eigenvalue weighted by atomic mass is 10.1. The molecule has 3 heteroatoms. The van der Waals surface area contributed by atoms with Gasteiger partial charge in [-0.25, -0.2) is 0 Å². The van der Waals surface area contributed by atoms with Gasteiger partial charge in [-0.05, 0) is 53.9 Å². The van der Waals surface area contributed by atoms with E-state index in [9.17, 15) is 0 Å². The van der Waals surface area contributed by atoms with E-state index >= 15 is 0 Å². The van der Waals surface area contributed by atoms with Crippen molar-refractivity contribution >= 4 is 10.9 Å². The smallest absolute Gasteiger partial charge is 0.0483 e. The first-order valence-corrected chi connectivity index (χ1v) is 6.48. The van der Waals surface area contributed by atoms with Gasteiger partial charge in [0.1, 0.15) is 0 Å². The molecule has 0 saturated heterocycles. The summed E-state index contributed by atoms with van der Waals surface area (Å²) in [5.41, 5.74) is 3.86. The molecule has 19 heavy (non-hydrogen) atoms. The molecule has 0 unspecified atom stereocenters. The summed E-state index contributed by atoms with van der Waals surface area (Å²) in [5.74, 6) is 0. The fourth-order valence-electron chi connectivity index (χ4n) is 2.39. The van der Waals surface area contributed by atoms with Crippen LogP contribution in [-0.2, 0) is 13.1 Å². The third kappa shape index (κ3) is 2.51. The van der Waals surface area contributed by atoms with Crippen LogP contribution in [0.3, 0.4) is 0 Å². The third-order valence-corrected chi connectivity index (χ3v) is 3.32. The first-order chi connectivity index (χ1) is 9.36. The van der Waals surface area contributed by atoms with Gasteiger partial charge in [0, 0.05) is 37.2 Å². The van der Waals surface area contributed by atoms with Crippen LogP contribution < -0.4 is 5.32 Å². The second kappa shape index (κ2) is 5.24. The Bertz CT molecular complexity index is 671. The molecule has 3 aromatic rings. The van der Waals surface area contributed by atoms with E-state index < -0.39 is 0 Å². The molecule has 2 aromatic heterocycles. The molecule has 3 nitrogen and oxygen atoms in total. The van der Waals surface area contributed by atoms with Crippen molar-refractivity contribution in [1.29, 1.82) is 0 Å². The zero-order valence-electron chi connectivity index (χ0n) is 11.0. The SMILES string of the molecule is CNCc1ccc2c(ccn2Cc2ccncc2)c1. The molecule has 3 rings (SSSR count). The predicted octanol–water partition coefficient (Wildman–Crippen LogP) is 2.80. The number of aromatic nitrogens is 2. The van der Waals surface area contributed by atoms with Crippen LogP contribution in [0.2, 0.25) is 0 Å². The van der Waals surface area contributed by atoms with Crippen LogP contribution in [0.4, 0.5) is 0 Å². The third-order valence-electron chi connectivity index (χ3n) is 3.32. The number of hydrogen-bond acceptors (Lipinski definition) is 2. The minimum Gasteiger partial charge on any atom is -0.343 e. The van der Waals surface area contributed by atoms with Crippen molar-refractivity contribution < 1.29 is 0 Å². The fourth-order valence-corrected chi connectivity index (χ4v) is 2.39. The summed E-state index contributed by atoms with van der Waals surface area (Å²) in [5, 5.41) is 4.47. The zero-order valence-corrected chi connectivity index (χ0v) is 11.0. The molecule has 96 valence electrons. The summed E-state index contributed by atoms with van der Waals surface area (Å²) in [4.78, 5) is 4.05. The van der Waals surface area contributed by atoms with E-state index in [4.69, 9.17) is 0 Å². The van der Waals surface area contributed by atoms with Crippen LogP contribution in [0.5, 0.6) is 0 Å². The molecule has 0 aliphatic rings. The average Bonchev–Trinajstić information content (AvgIpc) is 2.83. The Morgan fingerprint density at radius 3 is 2.68 bits per heavy atom. The largest absolute Gasteiger partial charge is 0.343 e. The van der Waals surface area contributed by atoms with E-state index in [-0.39, 0.29) is 0 Å². The summed E-state index contributed by atoms with van der Waals surface area (Å²) in [6.45, 7) is 1.79. The van der Waals surface area contributed by atoms with Crippen molar-refractivity contribution in [2.75, 3.05) is 7.05 Å². The van der Waals surface area contributed by atoms with Crippen LogP contribution in [0, 0.1) is 0 Å². The van der Waals surface area contributed by atoms with E-state index in [2.05, 4.69) is 57.5 Å². The van der Waals surface area contributed by atoms with Crippen molar-refractivity contribution in [3.63, 3.8) is 0 Å². The molecule has 0 amide bonds. The maximum atomic E-state index is 4.05. The van der Waals surface area contributed by atoms with Gasteiger partial charge in [0.25, 0.3) is 0 Å². The quantitative estimate of drug-likeness (QED) is 0.772. The Morgan fingerprint density at radius 1 is 1.05 bits per heavy atom. The molecule has 2 heterocycles. The normalized spacial score (nSPS) is 11.0. The van der Waals surface area contributed by atoms with Crippen molar-refractivity contribution in [3.8, 4) is 0 Å². The summed E-state index contributed by atoms with van der Waals surface area (Å²) in [6, 6.07) is 12.9. The lowest BCUT2D eigenvalue weighted by Gasteiger charge is -2.06. The lowest BCUT2D eigenvalue weighted by molar-refractivity contribution is 0.817. The molecule has 0 aliphatic carbocycles. The molecule has 0 bridgehead atoms. The van der Waals surface area contributed by atoms with Gasteiger partial charge in [0.2, 0.25) is 0 Å². The van der Waals surface area contributed by atoms with Crippen molar-refractivity contribution in [2.45, 2.75) is 13.1 Å². The van der Waals surface area contributed by atoms with Crippen LogP contribution in [-0.4, -0.2) is 16.6 Å². The summed E-state index contributed by atoms with van der Waals surface area (Å²) in [7, 11) is 1.97. The van der Waals surface area contributed by atoms with E-state index in [1.54, 1.807) is 0 Å². The van der Waals surface area contributed by atoms with Crippen molar-refractivity contribution in [3.05, 3.63) is 66.1 Å². The zero-order chi connectivity index (χ0) is 13.1. The number of hydrogen-bond donors (Lipinski definition) is 1. The van der Waals surface area contributed by atoms with Gasteiger partial charge in [-0.3, -0.25) is 4.98 Å². The van der Waals surface area contributed by atoms with Gasteiger partial charge in [0.15, 0.2) is 0 Å². The van der Waals surface area contributed by atoms with E-state index in [1.165, 1.54) is 22.0 Å². The van der Waals surface area contributed by atoms with Gasteiger partial charge in [0.05, 0.1) is 0 Å². The molecule has 0 atom stereocenters. The number of nitrogens with one attached hydrogen (secondary N) is 1. The minimum atomic E-state index is 0.886. The number of rotatable bonds is 4. The monoisotopic (exact) mass is 251 g/mol. The molecule has 0 aliphatic heterocycles. The molecule has 0 spiro atoms. The first-order valence-electron chi connectivity index (χ1n) is 6.48. The Kier molecular flexibility index (Phi) is 3.29. The number of nitrogens with zero attached hydrogens (tertiary/aromatic N) is 2. The number of benzene rings is 1. The Morgan fingerprint density at radius 2 is 1.89 bits per heavy atom. The van der Waals surface area contributed by atoms with E-state index in [1.807, 2.05) is 19.4 Å². The topological polar surface area (TPSA) is 29.9 Å². The maximum absolute atomic E-state index is 4.05. The van der Waals surface area contributed by atoms with Crippen LogP contribution in [0.25, 0.3) is 10.9 Å². The molecular formula is C16H17N3. The van der Waals surface area contributed by atoms with Gasteiger partial charge in [-0.1, -0.05) is 6.07 Å². The number of pyridine rings is 1. The van der Waals surface area contributed by atoms with Crippen LogP contribution in [0.15, 0.2) is 55.0 Å². The van der Waals surface area contributed by atoms with E-state index in [0.29, 0.717) is 0 Å².